The van der Waals surface area contributed by atoms with Crippen LogP contribution < -0.4 is 10.0 Å². The van der Waals surface area contributed by atoms with Gasteiger partial charge in [-0.2, -0.15) is 0 Å². The molecule has 1 aliphatic heterocycles. The van der Waals surface area contributed by atoms with E-state index in [0.717, 1.165) is 30.6 Å². The Kier molecular flexibility index (Phi) is 6.17. The van der Waals surface area contributed by atoms with Crippen LogP contribution in [0.5, 0.6) is 0 Å². The standard InChI is InChI=1S/C16H19N3O3S.ClH/c1-12-19-16(11-22-12)14-2-4-15(5-3-14)23(20,21)18-10-13-6-8-17-9-7-13;/h2-6,11,17-18H,7-10H2,1H3;1H. The molecule has 2 heterocycles. The van der Waals surface area contributed by atoms with Crippen molar-refractivity contribution in [1.82, 2.24) is 15.0 Å². The Bertz CT molecular complexity index is 813. The Balaban J connectivity index is 0.00000208. The number of sulfonamides is 1. The minimum Gasteiger partial charge on any atom is -0.449 e. The van der Waals surface area contributed by atoms with E-state index < -0.39 is 10.0 Å². The number of nitrogens with one attached hydrogen (secondary N) is 2. The minimum atomic E-state index is -3.51. The molecule has 130 valence electrons. The summed E-state index contributed by atoms with van der Waals surface area (Å²) in [7, 11) is -3.51. The van der Waals surface area contributed by atoms with E-state index in [4.69, 9.17) is 4.42 Å². The minimum absolute atomic E-state index is 0. The molecule has 0 fully saturated rings. The van der Waals surface area contributed by atoms with Gasteiger partial charge in [0.1, 0.15) is 12.0 Å². The summed E-state index contributed by atoms with van der Waals surface area (Å²) in [5.74, 6) is 0.577. The summed E-state index contributed by atoms with van der Waals surface area (Å²) in [5.41, 5.74) is 2.63. The number of oxazole rings is 1. The van der Waals surface area contributed by atoms with Crippen molar-refractivity contribution in [1.29, 1.82) is 0 Å². The van der Waals surface area contributed by atoms with Gasteiger partial charge in [0.25, 0.3) is 0 Å². The summed E-state index contributed by atoms with van der Waals surface area (Å²) >= 11 is 0. The highest BCUT2D eigenvalue weighted by Gasteiger charge is 2.15. The van der Waals surface area contributed by atoms with Crippen molar-refractivity contribution in [2.24, 2.45) is 0 Å². The zero-order valence-electron chi connectivity index (χ0n) is 13.3. The summed E-state index contributed by atoms with van der Waals surface area (Å²) in [5, 5.41) is 3.20. The molecule has 0 bridgehead atoms. The summed E-state index contributed by atoms with van der Waals surface area (Å²) < 4.78 is 32.5. The molecule has 2 N–H and O–H groups in total. The molecule has 1 aliphatic rings. The number of rotatable bonds is 5. The second-order valence-corrected chi connectivity index (χ2v) is 7.18. The second-order valence-electron chi connectivity index (χ2n) is 5.42. The van der Waals surface area contributed by atoms with Crippen molar-refractivity contribution in [3.05, 3.63) is 48.1 Å². The van der Waals surface area contributed by atoms with E-state index in [1.54, 1.807) is 37.5 Å². The SMILES string of the molecule is Cc1nc(-c2ccc(S(=O)(=O)NCC3=CCNCC3)cc2)co1.Cl. The van der Waals surface area contributed by atoms with E-state index in [1.165, 1.54) is 0 Å². The number of halogens is 1. The van der Waals surface area contributed by atoms with E-state index in [-0.39, 0.29) is 17.3 Å². The lowest BCUT2D eigenvalue weighted by atomic mass is 10.1. The molecule has 0 unspecified atom stereocenters. The summed E-state index contributed by atoms with van der Waals surface area (Å²) in [6, 6.07) is 6.63. The highest BCUT2D eigenvalue weighted by molar-refractivity contribution is 7.89. The van der Waals surface area contributed by atoms with Gasteiger partial charge in [-0.3, -0.25) is 0 Å². The largest absolute Gasteiger partial charge is 0.449 e. The molecular weight excluding hydrogens is 350 g/mol. The van der Waals surface area contributed by atoms with E-state index in [2.05, 4.69) is 15.0 Å². The Hall–Kier alpha value is -1.67. The molecule has 24 heavy (non-hydrogen) atoms. The first-order valence-corrected chi connectivity index (χ1v) is 8.94. The van der Waals surface area contributed by atoms with Gasteiger partial charge >= 0.3 is 0 Å². The molecule has 3 rings (SSSR count). The van der Waals surface area contributed by atoms with Gasteiger partial charge in [-0.1, -0.05) is 23.8 Å². The molecule has 0 spiro atoms. The van der Waals surface area contributed by atoms with Gasteiger partial charge in [-0.05, 0) is 25.1 Å². The van der Waals surface area contributed by atoms with Crippen molar-refractivity contribution in [3.63, 3.8) is 0 Å². The average molecular weight is 370 g/mol. The van der Waals surface area contributed by atoms with Crippen molar-refractivity contribution in [3.8, 4) is 11.3 Å². The monoisotopic (exact) mass is 369 g/mol. The first-order chi connectivity index (χ1) is 11.0. The fourth-order valence-corrected chi connectivity index (χ4v) is 3.44. The van der Waals surface area contributed by atoms with Crippen LogP contribution in [0.2, 0.25) is 0 Å². The molecule has 1 aromatic heterocycles. The quantitative estimate of drug-likeness (QED) is 0.790. The maximum atomic E-state index is 12.3. The van der Waals surface area contributed by atoms with Crippen LogP contribution in [0, 0.1) is 6.92 Å². The molecule has 0 aliphatic carbocycles. The lowest BCUT2D eigenvalue weighted by Gasteiger charge is -2.14. The van der Waals surface area contributed by atoms with Gasteiger partial charge < -0.3 is 9.73 Å². The normalized spacial score (nSPS) is 14.8. The van der Waals surface area contributed by atoms with E-state index in [9.17, 15) is 8.42 Å². The van der Waals surface area contributed by atoms with E-state index in [0.29, 0.717) is 18.1 Å². The molecule has 2 aromatic rings. The highest BCUT2D eigenvalue weighted by atomic mass is 35.5. The predicted octanol–water partition coefficient (Wildman–Crippen LogP) is 2.27. The second kappa shape index (κ2) is 7.94. The van der Waals surface area contributed by atoms with Crippen LogP contribution in [0.15, 0.2) is 51.5 Å². The molecule has 1 aromatic carbocycles. The zero-order valence-corrected chi connectivity index (χ0v) is 14.9. The fraction of sp³-hybridized carbons (Fsp3) is 0.312. The number of aromatic nitrogens is 1. The van der Waals surface area contributed by atoms with Crippen LogP contribution in [-0.4, -0.2) is 33.0 Å². The molecule has 6 nitrogen and oxygen atoms in total. The average Bonchev–Trinajstić information content (AvgIpc) is 3.01. The van der Waals surface area contributed by atoms with Gasteiger partial charge in [0.2, 0.25) is 10.0 Å². The first-order valence-electron chi connectivity index (χ1n) is 7.45. The highest BCUT2D eigenvalue weighted by Crippen LogP contribution is 2.20. The van der Waals surface area contributed by atoms with Crippen LogP contribution in [0.25, 0.3) is 11.3 Å². The predicted molar refractivity (Wildman–Crippen MR) is 94.7 cm³/mol. The van der Waals surface area contributed by atoms with Crippen LogP contribution in [0.3, 0.4) is 0 Å². The fourth-order valence-electron chi connectivity index (χ4n) is 2.40. The topological polar surface area (TPSA) is 84.2 Å². The van der Waals surface area contributed by atoms with Gasteiger partial charge in [-0.15, -0.1) is 12.4 Å². The molecule has 8 heteroatoms. The molecule has 0 saturated heterocycles. The molecule has 0 saturated carbocycles. The van der Waals surface area contributed by atoms with E-state index in [1.807, 2.05) is 6.08 Å². The number of aryl methyl sites for hydroxylation is 1. The van der Waals surface area contributed by atoms with Crippen LogP contribution >= 0.6 is 12.4 Å². The molecule has 0 amide bonds. The lowest BCUT2D eigenvalue weighted by Crippen LogP contribution is -2.29. The van der Waals surface area contributed by atoms with Crippen molar-refractivity contribution >= 4 is 22.4 Å². The third-order valence-electron chi connectivity index (χ3n) is 3.73. The summed E-state index contributed by atoms with van der Waals surface area (Å²) in [6.07, 6.45) is 4.45. The Morgan fingerprint density at radius 3 is 2.62 bits per heavy atom. The smallest absolute Gasteiger partial charge is 0.240 e. The summed E-state index contributed by atoms with van der Waals surface area (Å²) in [6.45, 7) is 3.80. The zero-order chi connectivity index (χ0) is 16.3. The van der Waals surface area contributed by atoms with Crippen molar-refractivity contribution in [2.45, 2.75) is 18.2 Å². The van der Waals surface area contributed by atoms with Gasteiger partial charge in [0.05, 0.1) is 4.90 Å². The van der Waals surface area contributed by atoms with Crippen LogP contribution in [0.4, 0.5) is 0 Å². The number of nitrogens with zero attached hydrogens (tertiary/aromatic N) is 1. The molecule has 0 radical (unpaired) electrons. The number of benzene rings is 1. The van der Waals surface area contributed by atoms with Gasteiger partial charge in [-0.25, -0.2) is 18.1 Å². The molecule has 0 atom stereocenters. The summed E-state index contributed by atoms with van der Waals surface area (Å²) in [4.78, 5) is 4.47. The number of hydrogen-bond donors (Lipinski definition) is 2. The van der Waals surface area contributed by atoms with Gasteiger partial charge in [0.15, 0.2) is 5.89 Å². The van der Waals surface area contributed by atoms with Gasteiger partial charge in [0, 0.05) is 25.6 Å². The Morgan fingerprint density at radius 2 is 2.04 bits per heavy atom. The van der Waals surface area contributed by atoms with E-state index >= 15 is 0 Å². The van der Waals surface area contributed by atoms with Crippen LogP contribution in [0.1, 0.15) is 12.3 Å². The third-order valence-corrected chi connectivity index (χ3v) is 5.14. The van der Waals surface area contributed by atoms with Crippen LogP contribution in [-0.2, 0) is 10.0 Å². The Morgan fingerprint density at radius 1 is 1.29 bits per heavy atom. The molecular formula is C16H20ClN3O3S. The Labute approximate surface area is 147 Å². The lowest BCUT2D eigenvalue weighted by molar-refractivity contribution is 0.521. The first kappa shape index (κ1) is 18.7. The van der Waals surface area contributed by atoms with Crippen molar-refractivity contribution in [2.75, 3.05) is 19.6 Å². The number of hydrogen-bond acceptors (Lipinski definition) is 5. The third kappa shape index (κ3) is 4.45. The van der Waals surface area contributed by atoms with Crippen molar-refractivity contribution < 1.29 is 12.8 Å². The maximum absolute atomic E-state index is 12.3. The maximum Gasteiger partial charge on any atom is 0.240 e.